The molecule has 0 unspecified atom stereocenters. The van der Waals surface area contributed by atoms with Crippen molar-refractivity contribution in [3.8, 4) is 5.75 Å². The molecule has 0 bridgehead atoms. The van der Waals surface area contributed by atoms with Gasteiger partial charge in [-0.25, -0.2) is 4.79 Å². The van der Waals surface area contributed by atoms with Gasteiger partial charge >= 0.3 is 5.97 Å². The number of carboxylic acid groups (broad SMARTS) is 1. The van der Waals surface area contributed by atoms with Crippen molar-refractivity contribution in [2.75, 3.05) is 6.54 Å². The maximum Gasteiger partial charge on any atom is 0.326 e. The Morgan fingerprint density at radius 3 is 2.26 bits per heavy atom. The van der Waals surface area contributed by atoms with Crippen molar-refractivity contribution in [2.24, 2.45) is 0 Å². The van der Waals surface area contributed by atoms with Crippen molar-refractivity contribution in [3.63, 3.8) is 0 Å². The molecule has 31 heavy (non-hydrogen) atoms. The van der Waals surface area contributed by atoms with Crippen LogP contribution in [0.15, 0.2) is 54.6 Å². The van der Waals surface area contributed by atoms with Crippen LogP contribution in [0.5, 0.6) is 5.75 Å². The summed E-state index contributed by atoms with van der Waals surface area (Å²) in [5, 5.41) is 14.8. The number of rotatable bonds is 12. The standard InChI is InChI=1S/C24H30N2O5/c1-17(2)31-20-13-11-19(12-14-20)23(28)26-21(24(29)30)10-6-7-15-25-22(27)16-18-8-4-3-5-9-18/h3-5,8-9,11-14,17,21H,6-7,10,15-16H2,1-2H3,(H,25,27)(H,26,28)(H,29,30)/t21-/m1/s1. The molecule has 0 aliphatic rings. The number of hydrogen-bond acceptors (Lipinski definition) is 4. The molecule has 3 N–H and O–H groups in total. The summed E-state index contributed by atoms with van der Waals surface area (Å²) in [6, 6.07) is 15.0. The van der Waals surface area contributed by atoms with E-state index in [9.17, 15) is 19.5 Å². The first-order chi connectivity index (χ1) is 14.8. The number of benzene rings is 2. The van der Waals surface area contributed by atoms with Crippen LogP contribution in [0.1, 0.15) is 49.0 Å². The number of aliphatic carboxylic acids is 1. The second kappa shape index (κ2) is 12.4. The van der Waals surface area contributed by atoms with Crippen molar-refractivity contribution in [1.82, 2.24) is 10.6 Å². The van der Waals surface area contributed by atoms with E-state index in [1.54, 1.807) is 24.3 Å². The normalized spacial score (nSPS) is 11.6. The number of unbranched alkanes of at least 4 members (excludes halogenated alkanes) is 1. The summed E-state index contributed by atoms with van der Waals surface area (Å²) in [6.45, 7) is 4.28. The average molecular weight is 427 g/mol. The number of amides is 2. The Labute approximate surface area is 182 Å². The fourth-order valence-corrected chi connectivity index (χ4v) is 3.00. The number of carbonyl (C=O) groups is 3. The van der Waals surface area contributed by atoms with E-state index < -0.39 is 17.9 Å². The smallest absolute Gasteiger partial charge is 0.326 e. The maximum absolute atomic E-state index is 12.4. The molecule has 0 saturated carbocycles. The predicted molar refractivity (Wildman–Crippen MR) is 118 cm³/mol. The van der Waals surface area contributed by atoms with E-state index >= 15 is 0 Å². The molecule has 0 aliphatic heterocycles. The van der Waals surface area contributed by atoms with Crippen LogP contribution >= 0.6 is 0 Å². The van der Waals surface area contributed by atoms with Gasteiger partial charge in [0.05, 0.1) is 12.5 Å². The molecule has 2 aromatic rings. The monoisotopic (exact) mass is 426 g/mol. The molecule has 0 radical (unpaired) electrons. The van der Waals surface area contributed by atoms with E-state index in [0.29, 0.717) is 37.1 Å². The van der Waals surface area contributed by atoms with Gasteiger partial charge in [-0.2, -0.15) is 0 Å². The number of carboxylic acids is 1. The molecule has 0 aliphatic carbocycles. The highest BCUT2D eigenvalue weighted by Gasteiger charge is 2.20. The lowest BCUT2D eigenvalue weighted by atomic mass is 10.1. The Morgan fingerprint density at radius 2 is 1.65 bits per heavy atom. The van der Waals surface area contributed by atoms with Gasteiger partial charge in [-0.3, -0.25) is 9.59 Å². The molecular weight excluding hydrogens is 396 g/mol. The van der Waals surface area contributed by atoms with E-state index in [-0.39, 0.29) is 18.4 Å². The van der Waals surface area contributed by atoms with E-state index in [0.717, 1.165) is 5.56 Å². The van der Waals surface area contributed by atoms with Crippen molar-refractivity contribution in [3.05, 3.63) is 65.7 Å². The number of carbonyl (C=O) groups excluding carboxylic acids is 2. The lowest BCUT2D eigenvalue weighted by Crippen LogP contribution is -2.40. The minimum Gasteiger partial charge on any atom is -0.491 e. The topological polar surface area (TPSA) is 105 Å². The first-order valence-corrected chi connectivity index (χ1v) is 10.5. The molecule has 7 nitrogen and oxygen atoms in total. The largest absolute Gasteiger partial charge is 0.491 e. The minimum atomic E-state index is -1.08. The van der Waals surface area contributed by atoms with E-state index in [1.165, 1.54) is 0 Å². The van der Waals surface area contributed by atoms with Crippen LogP contribution < -0.4 is 15.4 Å². The van der Waals surface area contributed by atoms with Gasteiger partial charge in [-0.15, -0.1) is 0 Å². The van der Waals surface area contributed by atoms with Gasteiger partial charge in [0, 0.05) is 12.1 Å². The molecule has 7 heteroatoms. The van der Waals surface area contributed by atoms with E-state index in [1.807, 2.05) is 44.2 Å². The fourth-order valence-electron chi connectivity index (χ4n) is 3.00. The molecule has 0 spiro atoms. The third-order valence-corrected chi connectivity index (χ3v) is 4.54. The van der Waals surface area contributed by atoms with Crippen LogP contribution in [-0.4, -0.2) is 41.6 Å². The van der Waals surface area contributed by atoms with Crippen LogP contribution in [0.3, 0.4) is 0 Å². The summed E-state index contributed by atoms with van der Waals surface area (Å²) in [6.07, 6.45) is 1.81. The molecule has 0 saturated heterocycles. The highest BCUT2D eigenvalue weighted by molar-refractivity contribution is 5.96. The molecule has 0 fully saturated rings. The SMILES string of the molecule is CC(C)Oc1ccc(C(=O)N[C@H](CCCCNC(=O)Cc2ccccc2)C(=O)O)cc1. The zero-order valence-corrected chi connectivity index (χ0v) is 18.0. The molecule has 0 aromatic heterocycles. The molecule has 2 amide bonds. The molecule has 0 heterocycles. The zero-order valence-electron chi connectivity index (χ0n) is 18.0. The zero-order chi connectivity index (χ0) is 22.6. The Bertz CT molecular complexity index is 850. The predicted octanol–water partition coefficient (Wildman–Crippen LogP) is 3.19. The number of ether oxygens (including phenoxy) is 1. The second-order valence-electron chi connectivity index (χ2n) is 7.56. The minimum absolute atomic E-state index is 0.0270. The Morgan fingerprint density at radius 1 is 0.968 bits per heavy atom. The van der Waals surface area contributed by atoms with Crippen molar-refractivity contribution < 1.29 is 24.2 Å². The molecule has 166 valence electrons. The molecular formula is C24H30N2O5. The van der Waals surface area contributed by atoms with Gasteiger partial charge < -0.3 is 20.5 Å². The van der Waals surface area contributed by atoms with Gasteiger partial charge in [-0.1, -0.05) is 30.3 Å². The third kappa shape index (κ3) is 8.90. The van der Waals surface area contributed by atoms with Gasteiger partial charge in [0.25, 0.3) is 5.91 Å². The molecule has 2 aromatic carbocycles. The number of hydrogen-bond donors (Lipinski definition) is 3. The quantitative estimate of drug-likeness (QED) is 0.452. The van der Waals surface area contributed by atoms with Crippen LogP contribution in [0.2, 0.25) is 0 Å². The second-order valence-corrected chi connectivity index (χ2v) is 7.56. The van der Waals surface area contributed by atoms with Crippen molar-refractivity contribution in [2.45, 2.75) is 51.7 Å². The lowest BCUT2D eigenvalue weighted by molar-refractivity contribution is -0.139. The van der Waals surface area contributed by atoms with E-state index in [4.69, 9.17) is 4.74 Å². The van der Waals surface area contributed by atoms with Gasteiger partial charge in [0.2, 0.25) is 5.91 Å². The van der Waals surface area contributed by atoms with Gasteiger partial charge in [0.15, 0.2) is 0 Å². The van der Waals surface area contributed by atoms with Crippen LogP contribution in [0.4, 0.5) is 0 Å². The van der Waals surface area contributed by atoms with Gasteiger partial charge in [-0.05, 0) is 62.9 Å². The van der Waals surface area contributed by atoms with Gasteiger partial charge in [0.1, 0.15) is 11.8 Å². The molecule has 2 rings (SSSR count). The first-order valence-electron chi connectivity index (χ1n) is 10.5. The summed E-state index contributed by atoms with van der Waals surface area (Å²) in [5.41, 5.74) is 1.31. The first kappa shape index (κ1) is 23.9. The van der Waals surface area contributed by atoms with Crippen molar-refractivity contribution >= 4 is 17.8 Å². The summed E-state index contributed by atoms with van der Waals surface area (Å²) < 4.78 is 5.54. The van der Waals surface area contributed by atoms with Crippen LogP contribution in [0.25, 0.3) is 0 Å². The Balaban J connectivity index is 1.72. The highest BCUT2D eigenvalue weighted by atomic mass is 16.5. The average Bonchev–Trinajstić information content (AvgIpc) is 2.73. The van der Waals surface area contributed by atoms with Crippen molar-refractivity contribution in [1.29, 1.82) is 0 Å². The maximum atomic E-state index is 12.4. The summed E-state index contributed by atoms with van der Waals surface area (Å²) in [7, 11) is 0. The van der Waals surface area contributed by atoms with E-state index in [2.05, 4.69) is 10.6 Å². The fraction of sp³-hybridized carbons (Fsp3) is 0.375. The Kier molecular flexibility index (Phi) is 9.55. The molecule has 1 atom stereocenters. The summed E-state index contributed by atoms with van der Waals surface area (Å²) in [5.74, 6) is -0.948. The third-order valence-electron chi connectivity index (χ3n) is 4.54. The summed E-state index contributed by atoms with van der Waals surface area (Å²) >= 11 is 0. The summed E-state index contributed by atoms with van der Waals surface area (Å²) in [4.78, 5) is 35.8. The lowest BCUT2D eigenvalue weighted by Gasteiger charge is -2.15. The number of nitrogens with one attached hydrogen (secondary N) is 2. The Hall–Kier alpha value is -3.35. The van der Waals surface area contributed by atoms with Crippen LogP contribution in [0, 0.1) is 0 Å². The van der Waals surface area contributed by atoms with Crippen LogP contribution in [-0.2, 0) is 16.0 Å². The highest BCUT2D eigenvalue weighted by Crippen LogP contribution is 2.14.